The van der Waals surface area contributed by atoms with E-state index in [2.05, 4.69) is 5.32 Å². The molecule has 0 saturated carbocycles. The van der Waals surface area contributed by atoms with E-state index in [0.717, 1.165) is 29.4 Å². The summed E-state index contributed by atoms with van der Waals surface area (Å²) in [7, 11) is 3.34. The molecule has 0 aliphatic rings. The SMILES string of the molecule is COCCNCc1cc(Cl)ccc1OC.Cl. The lowest BCUT2D eigenvalue weighted by Crippen LogP contribution is -2.18. The number of rotatable bonds is 6. The van der Waals surface area contributed by atoms with E-state index in [4.69, 9.17) is 21.1 Å². The van der Waals surface area contributed by atoms with Crippen LogP contribution in [-0.4, -0.2) is 27.4 Å². The Balaban J connectivity index is 0.00000225. The van der Waals surface area contributed by atoms with Crippen molar-refractivity contribution >= 4 is 24.0 Å². The molecule has 1 aromatic carbocycles. The van der Waals surface area contributed by atoms with Crippen molar-refractivity contribution in [2.24, 2.45) is 0 Å². The maximum Gasteiger partial charge on any atom is 0.123 e. The van der Waals surface area contributed by atoms with Crippen molar-refractivity contribution < 1.29 is 9.47 Å². The Kier molecular flexibility index (Phi) is 8.39. The summed E-state index contributed by atoms with van der Waals surface area (Å²) in [4.78, 5) is 0. The van der Waals surface area contributed by atoms with Crippen molar-refractivity contribution in [2.75, 3.05) is 27.4 Å². The molecule has 0 bridgehead atoms. The Morgan fingerprint density at radius 1 is 1.31 bits per heavy atom. The molecule has 92 valence electrons. The Labute approximate surface area is 107 Å². The van der Waals surface area contributed by atoms with Gasteiger partial charge in [0.15, 0.2) is 0 Å². The number of benzene rings is 1. The maximum atomic E-state index is 5.91. The molecule has 0 spiro atoms. The summed E-state index contributed by atoms with van der Waals surface area (Å²) in [6.45, 7) is 2.24. The molecule has 1 aromatic rings. The molecule has 0 amide bonds. The summed E-state index contributed by atoms with van der Waals surface area (Å²) < 4.78 is 10.2. The lowest BCUT2D eigenvalue weighted by Gasteiger charge is -2.09. The van der Waals surface area contributed by atoms with Gasteiger partial charge in [0.2, 0.25) is 0 Å². The maximum absolute atomic E-state index is 5.91. The molecule has 1 rings (SSSR count). The number of hydrogen-bond donors (Lipinski definition) is 1. The standard InChI is InChI=1S/C11H16ClNO2.ClH/c1-14-6-5-13-8-9-7-10(12)3-4-11(9)15-2;/h3-4,7,13H,5-6,8H2,1-2H3;1H. The Bertz CT molecular complexity index is 308. The molecule has 3 nitrogen and oxygen atoms in total. The summed E-state index contributed by atoms with van der Waals surface area (Å²) >= 11 is 5.91. The molecule has 0 radical (unpaired) electrons. The number of ether oxygens (including phenoxy) is 2. The third kappa shape index (κ3) is 5.03. The largest absolute Gasteiger partial charge is 0.496 e. The molecule has 0 saturated heterocycles. The molecule has 0 unspecified atom stereocenters. The van der Waals surface area contributed by atoms with Crippen molar-refractivity contribution in [2.45, 2.75) is 6.54 Å². The molecule has 0 fully saturated rings. The van der Waals surface area contributed by atoms with Crippen LogP contribution >= 0.6 is 24.0 Å². The summed E-state index contributed by atoms with van der Waals surface area (Å²) in [6, 6.07) is 5.59. The molecule has 16 heavy (non-hydrogen) atoms. The van der Waals surface area contributed by atoms with Gasteiger partial charge in [-0.3, -0.25) is 0 Å². The number of hydrogen-bond acceptors (Lipinski definition) is 3. The first-order chi connectivity index (χ1) is 7.27. The van der Waals surface area contributed by atoms with Crippen LogP contribution in [0.2, 0.25) is 5.02 Å². The molecule has 1 N–H and O–H groups in total. The van der Waals surface area contributed by atoms with E-state index in [1.165, 1.54) is 0 Å². The highest BCUT2D eigenvalue weighted by molar-refractivity contribution is 6.30. The van der Waals surface area contributed by atoms with E-state index in [1.807, 2.05) is 18.2 Å². The van der Waals surface area contributed by atoms with Gasteiger partial charge in [0, 0.05) is 30.8 Å². The van der Waals surface area contributed by atoms with Gasteiger partial charge >= 0.3 is 0 Å². The second-order valence-corrected chi connectivity index (χ2v) is 3.56. The van der Waals surface area contributed by atoms with Crippen LogP contribution in [0.3, 0.4) is 0 Å². The minimum atomic E-state index is 0. The first kappa shape index (κ1) is 15.5. The van der Waals surface area contributed by atoms with Crippen LogP contribution in [0.4, 0.5) is 0 Å². The Hall–Kier alpha value is -0.480. The summed E-state index contributed by atoms with van der Waals surface area (Å²) in [5.41, 5.74) is 1.06. The molecule has 0 heterocycles. The lowest BCUT2D eigenvalue weighted by atomic mass is 10.2. The zero-order valence-corrected chi connectivity index (χ0v) is 11.0. The van der Waals surface area contributed by atoms with Gasteiger partial charge in [-0.15, -0.1) is 12.4 Å². The van der Waals surface area contributed by atoms with E-state index in [0.29, 0.717) is 6.61 Å². The Morgan fingerprint density at radius 3 is 2.69 bits per heavy atom. The van der Waals surface area contributed by atoms with Gasteiger partial charge in [0.25, 0.3) is 0 Å². The molecule has 0 atom stereocenters. The van der Waals surface area contributed by atoms with Crippen LogP contribution in [-0.2, 0) is 11.3 Å². The summed E-state index contributed by atoms with van der Waals surface area (Å²) in [5.74, 6) is 0.851. The summed E-state index contributed by atoms with van der Waals surface area (Å²) in [5, 5.41) is 3.96. The fraction of sp³-hybridized carbons (Fsp3) is 0.455. The van der Waals surface area contributed by atoms with Crippen molar-refractivity contribution in [3.8, 4) is 5.75 Å². The third-order valence-corrected chi connectivity index (χ3v) is 2.28. The number of methoxy groups -OCH3 is 2. The molecule has 0 aliphatic carbocycles. The quantitative estimate of drug-likeness (QED) is 0.802. The zero-order chi connectivity index (χ0) is 11.1. The van der Waals surface area contributed by atoms with E-state index >= 15 is 0 Å². The van der Waals surface area contributed by atoms with Gasteiger partial charge < -0.3 is 14.8 Å². The van der Waals surface area contributed by atoms with Gasteiger partial charge in [0.1, 0.15) is 5.75 Å². The monoisotopic (exact) mass is 265 g/mol. The minimum absolute atomic E-state index is 0. The summed E-state index contributed by atoms with van der Waals surface area (Å²) in [6.07, 6.45) is 0. The number of halogens is 2. The van der Waals surface area contributed by atoms with Crippen molar-refractivity contribution in [1.82, 2.24) is 5.32 Å². The normalized spacial score (nSPS) is 9.69. The van der Waals surface area contributed by atoms with Crippen molar-refractivity contribution in [1.29, 1.82) is 0 Å². The van der Waals surface area contributed by atoms with Crippen LogP contribution in [0.25, 0.3) is 0 Å². The second-order valence-electron chi connectivity index (χ2n) is 3.13. The topological polar surface area (TPSA) is 30.5 Å². The number of nitrogens with one attached hydrogen (secondary N) is 1. The van der Waals surface area contributed by atoms with Crippen molar-refractivity contribution in [3.63, 3.8) is 0 Å². The predicted octanol–water partition coefficient (Wildman–Crippen LogP) is 2.51. The van der Waals surface area contributed by atoms with E-state index in [-0.39, 0.29) is 12.4 Å². The van der Waals surface area contributed by atoms with Gasteiger partial charge in [-0.2, -0.15) is 0 Å². The molecule has 0 aliphatic heterocycles. The third-order valence-electron chi connectivity index (χ3n) is 2.04. The highest BCUT2D eigenvalue weighted by Crippen LogP contribution is 2.22. The van der Waals surface area contributed by atoms with Gasteiger partial charge in [0.05, 0.1) is 13.7 Å². The molecular weight excluding hydrogens is 249 g/mol. The van der Waals surface area contributed by atoms with Crippen LogP contribution in [0.1, 0.15) is 5.56 Å². The smallest absolute Gasteiger partial charge is 0.123 e. The molecule has 5 heteroatoms. The first-order valence-electron chi connectivity index (χ1n) is 4.80. The van der Waals surface area contributed by atoms with Gasteiger partial charge in [-0.25, -0.2) is 0 Å². The van der Waals surface area contributed by atoms with E-state index in [9.17, 15) is 0 Å². The zero-order valence-electron chi connectivity index (χ0n) is 9.46. The van der Waals surface area contributed by atoms with Crippen LogP contribution < -0.4 is 10.1 Å². The van der Waals surface area contributed by atoms with Crippen LogP contribution in [0, 0.1) is 0 Å². The fourth-order valence-electron chi connectivity index (χ4n) is 1.28. The van der Waals surface area contributed by atoms with Crippen LogP contribution in [0.5, 0.6) is 5.75 Å². The fourth-order valence-corrected chi connectivity index (χ4v) is 1.48. The lowest BCUT2D eigenvalue weighted by molar-refractivity contribution is 0.199. The molecule has 0 aromatic heterocycles. The highest BCUT2D eigenvalue weighted by Gasteiger charge is 2.02. The minimum Gasteiger partial charge on any atom is -0.496 e. The average molecular weight is 266 g/mol. The first-order valence-corrected chi connectivity index (χ1v) is 5.17. The Morgan fingerprint density at radius 2 is 2.06 bits per heavy atom. The van der Waals surface area contributed by atoms with Gasteiger partial charge in [-0.05, 0) is 18.2 Å². The van der Waals surface area contributed by atoms with Crippen molar-refractivity contribution in [3.05, 3.63) is 28.8 Å². The second kappa shape index (κ2) is 8.65. The van der Waals surface area contributed by atoms with Gasteiger partial charge in [-0.1, -0.05) is 11.6 Å². The predicted molar refractivity (Wildman–Crippen MR) is 68.8 cm³/mol. The van der Waals surface area contributed by atoms with Crippen LogP contribution in [0.15, 0.2) is 18.2 Å². The van der Waals surface area contributed by atoms with E-state index in [1.54, 1.807) is 14.2 Å². The molecular formula is C11H17Cl2NO2. The van der Waals surface area contributed by atoms with E-state index < -0.39 is 0 Å². The highest BCUT2D eigenvalue weighted by atomic mass is 35.5. The average Bonchev–Trinajstić information content (AvgIpc) is 2.25.